The lowest BCUT2D eigenvalue weighted by atomic mass is 9.92. The zero-order valence-corrected chi connectivity index (χ0v) is 12.6. The molecule has 2 N–H and O–H groups in total. The van der Waals surface area contributed by atoms with Gasteiger partial charge in [0.2, 0.25) is 5.91 Å². The van der Waals surface area contributed by atoms with Gasteiger partial charge in [0.15, 0.2) is 0 Å². The number of aryl methyl sites for hydroxylation is 1. The molecule has 0 aliphatic carbocycles. The molecule has 1 heterocycles. The second-order valence-electron chi connectivity index (χ2n) is 5.67. The molecule has 1 amide bonds. The van der Waals surface area contributed by atoms with Gasteiger partial charge in [0.1, 0.15) is 5.75 Å². The van der Waals surface area contributed by atoms with Gasteiger partial charge in [0, 0.05) is 18.8 Å². The minimum atomic E-state index is -0.108. The van der Waals surface area contributed by atoms with Crippen LogP contribution in [0.3, 0.4) is 0 Å². The molecular formula is C16H24N2O2. The number of benzene rings is 1. The standard InChI is InChI=1S/C16H24N2O2/c1-11(2)14(10-17)16(19)18-8-4-5-12-9-13(20-3)6-7-15(12)18/h6-7,9,11,14H,4-5,8,10,17H2,1-3H3. The smallest absolute Gasteiger partial charge is 0.231 e. The third-order valence-electron chi connectivity index (χ3n) is 4.05. The Labute approximate surface area is 120 Å². The first kappa shape index (κ1) is 14.9. The van der Waals surface area contributed by atoms with Crippen molar-refractivity contribution in [3.8, 4) is 5.75 Å². The van der Waals surface area contributed by atoms with E-state index in [9.17, 15) is 4.79 Å². The Morgan fingerprint density at radius 2 is 2.20 bits per heavy atom. The highest BCUT2D eigenvalue weighted by Gasteiger charge is 2.29. The lowest BCUT2D eigenvalue weighted by Gasteiger charge is -2.33. The number of ether oxygens (including phenoxy) is 1. The van der Waals surface area contributed by atoms with E-state index in [0.29, 0.717) is 6.54 Å². The number of hydrogen-bond acceptors (Lipinski definition) is 3. The number of hydrogen-bond donors (Lipinski definition) is 1. The summed E-state index contributed by atoms with van der Waals surface area (Å²) in [5.41, 5.74) is 7.98. The molecule has 1 aromatic carbocycles. The lowest BCUT2D eigenvalue weighted by Crippen LogP contribution is -2.43. The highest BCUT2D eigenvalue weighted by Crippen LogP contribution is 2.32. The normalized spacial score (nSPS) is 15.9. The summed E-state index contributed by atoms with van der Waals surface area (Å²) in [5.74, 6) is 1.14. The van der Waals surface area contributed by atoms with Crippen molar-refractivity contribution in [3.05, 3.63) is 23.8 Å². The van der Waals surface area contributed by atoms with Crippen molar-refractivity contribution in [2.45, 2.75) is 26.7 Å². The van der Waals surface area contributed by atoms with Gasteiger partial charge in [0.25, 0.3) is 0 Å². The van der Waals surface area contributed by atoms with E-state index in [0.717, 1.165) is 30.8 Å². The maximum atomic E-state index is 12.7. The monoisotopic (exact) mass is 276 g/mol. The summed E-state index contributed by atoms with van der Waals surface area (Å²) in [5, 5.41) is 0. The first-order chi connectivity index (χ1) is 9.58. The van der Waals surface area contributed by atoms with Crippen molar-refractivity contribution in [1.82, 2.24) is 0 Å². The summed E-state index contributed by atoms with van der Waals surface area (Å²) in [7, 11) is 1.66. The molecule has 1 aliphatic rings. The highest BCUT2D eigenvalue weighted by molar-refractivity contribution is 5.96. The molecule has 4 nitrogen and oxygen atoms in total. The summed E-state index contributed by atoms with van der Waals surface area (Å²) >= 11 is 0. The third kappa shape index (κ3) is 2.80. The molecule has 1 unspecified atom stereocenters. The van der Waals surface area contributed by atoms with E-state index in [1.807, 2.05) is 36.9 Å². The summed E-state index contributed by atoms with van der Waals surface area (Å²) < 4.78 is 5.26. The fourth-order valence-electron chi connectivity index (χ4n) is 2.79. The topological polar surface area (TPSA) is 55.6 Å². The fraction of sp³-hybridized carbons (Fsp3) is 0.562. The van der Waals surface area contributed by atoms with Crippen LogP contribution >= 0.6 is 0 Å². The van der Waals surface area contributed by atoms with E-state index in [1.165, 1.54) is 5.56 Å². The second kappa shape index (κ2) is 6.27. The van der Waals surface area contributed by atoms with Crippen LogP contribution in [0.4, 0.5) is 5.69 Å². The number of rotatable bonds is 4. The summed E-state index contributed by atoms with van der Waals surface area (Å²) in [6, 6.07) is 5.93. The maximum Gasteiger partial charge on any atom is 0.231 e. The van der Waals surface area contributed by atoms with Gasteiger partial charge in [-0.05, 0) is 42.5 Å². The van der Waals surface area contributed by atoms with Gasteiger partial charge in [-0.25, -0.2) is 0 Å². The molecule has 0 spiro atoms. The average Bonchev–Trinajstić information content (AvgIpc) is 2.46. The number of nitrogens with zero attached hydrogens (tertiary/aromatic N) is 1. The molecule has 1 aliphatic heterocycles. The van der Waals surface area contributed by atoms with Gasteiger partial charge < -0.3 is 15.4 Å². The number of methoxy groups -OCH3 is 1. The van der Waals surface area contributed by atoms with E-state index >= 15 is 0 Å². The number of nitrogens with two attached hydrogens (primary N) is 1. The summed E-state index contributed by atoms with van der Waals surface area (Å²) in [4.78, 5) is 14.6. The molecular weight excluding hydrogens is 252 g/mol. The van der Waals surface area contributed by atoms with Crippen LogP contribution in [0.15, 0.2) is 18.2 Å². The quantitative estimate of drug-likeness (QED) is 0.917. The fourth-order valence-corrected chi connectivity index (χ4v) is 2.79. The highest BCUT2D eigenvalue weighted by atomic mass is 16.5. The number of anilines is 1. The Bertz CT molecular complexity index is 485. The van der Waals surface area contributed by atoms with Crippen LogP contribution in [0, 0.1) is 11.8 Å². The lowest BCUT2D eigenvalue weighted by molar-refractivity contribution is -0.123. The van der Waals surface area contributed by atoms with Crippen LogP contribution in [0.25, 0.3) is 0 Å². The molecule has 1 atom stereocenters. The third-order valence-corrected chi connectivity index (χ3v) is 4.05. The summed E-state index contributed by atoms with van der Waals surface area (Å²) in [6.07, 6.45) is 1.98. The SMILES string of the molecule is COc1ccc2c(c1)CCCN2C(=O)C(CN)C(C)C. The van der Waals surface area contributed by atoms with Crippen LogP contribution in [-0.2, 0) is 11.2 Å². The molecule has 0 fully saturated rings. The van der Waals surface area contributed by atoms with E-state index in [2.05, 4.69) is 0 Å². The Balaban J connectivity index is 2.30. The van der Waals surface area contributed by atoms with Crippen LogP contribution in [0.2, 0.25) is 0 Å². The molecule has 0 saturated carbocycles. The Kier molecular flexibility index (Phi) is 4.65. The minimum absolute atomic E-state index is 0.108. The zero-order chi connectivity index (χ0) is 14.7. The van der Waals surface area contributed by atoms with Crippen molar-refractivity contribution in [3.63, 3.8) is 0 Å². The molecule has 2 rings (SSSR count). The van der Waals surface area contributed by atoms with Gasteiger partial charge >= 0.3 is 0 Å². The van der Waals surface area contributed by atoms with Crippen molar-refractivity contribution in [2.75, 3.05) is 25.1 Å². The number of carbonyl (C=O) groups is 1. The van der Waals surface area contributed by atoms with Gasteiger partial charge in [-0.1, -0.05) is 13.8 Å². The average molecular weight is 276 g/mol. The molecule has 0 radical (unpaired) electrons. The molecule has 0 bridgehead atoms. The Morgan fingerprint density at radius 3 is 2.80 bits per heavy atom. The van der Waals surface area contributed by atoms with Crippen LogP contribution in [-0.4, -0.2) is 26.1 Å². The maximum absolute atomic E-state index is 12.7. The first-order valence-electron chi connectivity index (χ1n) is 7.26. The molecule has 20 heavy (non-hydrogen) atoms. The van der Waals surface area contributed by atoms with Crippen molar-refractivity contribution >= 4 is 11.6 Å². The van der Waals surface area contributed by atoms with E-state index < -0.39 is 0 Å². The number of amides is 1. The first-order valence-corrected chi connectivity index (χ1v) is 7.26. The van der Waals surface area contributed by atoms with Crippen molar-refractivity contribution in [2.24, 2.45) is 17.6 Å². The van der Waals surface area contributed by atoms with Crippen molar-refractivity contribution in [1.29, 1.82) is 0 Å². The van der Waals surface area contributed by atoms with E-state index in [-0.39, 0.29) is 17.7 Å². The van der Waals surface area contributed by atoms with Gasteiger partial charge in [-0.3, -0.25) is 4.79 Å². The Morgan fingerprint density at radius 1 is 1.45 bits per heavy atom. The Hall–Kier alpha value is -1.55. The molecule has 4 heteroatoms. The van der Waals surface area contributed by atoms with Crippen LogP contribution < -0.4 is 15.4 Å². The van der Waals surface area contributed by atoms with Crippen LogP contribution in [0.1, 0.15) is 25.8 Å². The van der Waals surface area contributed by atoms with E-state index in [4.69, 9.17) is 10.5 Å². The predicted molar refractivity (Wildman–Crippen MR) is 81.1 cm³/mol. The van der Waals surface area contributed by atoms with E-state index in [1.54, 1.807) is 7.11 Å². The van der Waals surface area contributed by atoms with Gasteiger partial charge in [-0.15, -0.1) is 0 Å². The largest absolute Gasteiger partial charge is 0.497 e. The molecule has 1 aromatic rings. The van der Waals surface area contributed by atoms with Crippen LogP contribution in [0.5, 0.6) is 5.75 Å². The second-order valence-corrected chi connectivity index (χ2v) is 5.67. The molecule has 110 valence electrons. The minimum Gasteiger partial charge on any atom is -0.497 e. The number of carbonyl (C=O) groups excluding carboxylic acids is 1. The van der Waals surface area contributed by atoms with Crippen molar-refractivity contribution < 1.29 is 9.53 Å². The van der Waals surface area contributed by atoms with Gasteiger partial charge in [-0.2, -0.15) is 0 Å². The predicted octanol–water partition coefficient (Wildman–Crippen LogP) is 2.21. The van der Waals surface area contributed by atoms with Gasteiger partial charge in [0.05, 0.1) is 13.0 Å². The molecule has 0 saturated heterocycles. The molecule has 0 aromatic heterocycles. The number of fused-ring (bicyclic) bond motifs is 1. The summed E-state index contributed by atoms with van der Waals surface area (Å²) in [6.45, 7) is 5.28. The zero-order valence-electron chi connectivity index (χ0n) is 12.6.